The molecule has 6 unspecified atom stereocenters. The van der Waals surface area contributed by atoms with Crippen LogP contribution < -0.4 is 34.4 Å². The van der Waals surface area contributed by atoms with E-state index in [2.05, 4.69) is 0 Å². The molecular formula is C23H46N6O13. The minimum Gasteiger partial charge on any atom is -0.508 e. The molecule has 1 saturated carbocycles. The summed E-state index contributed by atoms with van der Waals surface area (Å²) in [4.78, 5) is 0. The van der Waals surface area contributed by atoms with E-state index in [1.807, 2.05) is 0 Å². The average molecular weight is 615 g/mol. The van der Waals surface area contributed by atoms with Gasteiger partial charge in [0.25, 0.3) is 0 Å². The van der Waals surface area contributed by atoms with Gasteiger partial charge >= 0.3 is 0 Å². The molecule has 0 aromatic rings. The van der Waals surface area contributed by atoms with Crippen LogP contribution in [0, 0.1) is 0 Å². The number of nitrogens with two attached hydrogens (primary N) is 6. The summed E-state index contributed by atoms with van der Waals surface area (Å²) in [5, 5.41) is 82.8. The molecule has 246 valence electrons. The Morgan fingerprint density at radius 1 is 0.810 bits per heavy atom. The molecule has 0 amide bonds. The van der Waals surface area contributed by atoms with Crippen LogP contribution in [0.3, 0.4) is 0 Å². The van der Waals surface area contributed by atoms with Crippen molar-refractivity contribution >= 4 is 0 Å². The number of aliphatic hydroxyl groups excluding tert-OH is 8. The van der Waals surface area contributed by atoms with Crippen LogP contribution in [0.25, 0.3) is 0 Å². The summed E-state index contributed by atoms with van der Waals surface area (Å²) >= 11 is 0. The smallest absolute Gasteiger partial charge is 0.199 e. The SMILES string of the molecule is NCC[C@@H](O)/C(O)=C(/N)[C@H](O)O[C@@H]1C(N)C[C@@H](N)C(O)[C@H]1O[C@@H]1O[C@H](CO)C(OC2O[C@H](CN)[C@@H](O)[C@H](O)C2N)C1O. The topological polar surface area (TPSA) is 364 Å². The van der Waals surface area contributed by atoms with Gasteiger partial charge in [-0.2, -0.15) is 0 Å². The third-order valence-electron chi connectivity index (χ3n) is 7.70. The van der Waals surface area contributed by atoms with Gasteiger partial charge in [0.05, 0.1) is 18.8 Å². The third kappa shape index (κ3) is 7.47. The van der Waals surface area contributed by atoms with E-state index in [4.69, 9.17) is 58.1 Å². The Kier molecular flexibility index (Phi) is 12.6. The maximum Gasteiger partial charge on any atom is 0.199 e. The first kappa shape index (κ1) is 35.1. The highest BCUT2D eigenvalue weighted by atomic mass is 16.8. The molecular weight excluding hydrogens is 568 g/mol. The van der Waals surface area contributed by atoms with Crippen molar-refractivity contribution in [1.29, 1.82) is 0 Å². The molecule has 0 bridgehead atoms. The van der Waals surface area contributed by atoms with Gasteiger partial charge in [0.2, 0.25) is 0 Å². The zero-order valence-corrected chi connectivity index (χ0v) is 22.9. The number of rotatable bonds is 12. The highest BCUT2D eigenvalue weighted by molar-refractivity contribution is 5.11. The van der Waals surface area contributed by atoms with Crippen LogP contribution in [0.1, 0.15) is 12.8 Å². The summed E-state index contributed by atoms with van der Waals surface area (Å²) in [5.41, 5.74) is 34.2. The van der Waals surface area contributed by atoms with Gasteiger partial charge in [0.1, 0.15) is 66.4 Å². The summed E-state index contributed by atoms with van der Waals surface area (Å²) in [6.07, 6.45) is -18.9. The highest BCUT2D eigenvalue weighted by Crippen LogP contribution is 2.33. The molecule has 2 heterocycles. The van der Waals surface area contributed by atoms with Crippen LogP contribution in [0.5, 0.6) is 0 Å². The van der Waals surface area contributed by atoms with E-state index in [0.717, 1.165) is 0 Å². The predicted molar refractivity (Wildman–Crippen MR) is 140 cm³/mol. The van der Waals surface area contributed by atoms with Crippen LogP contribution in [0.2, 0.25) is 0 Å². The van der Waals surface area contributed by atoms with E-state index in [1.54, 1.807) is 0 Å². The Labute approximate surface area is 241 Å². The highest BCUT2D eigenvalue weighted by Gasteiger charge is 2.53. The zero-order valence-electron chi connectivity index (χ0n) is 22.9. The lowest BCUT2D eigenvalue weighted by molar-refractivity contribution is -0.281. The second kappa shape index (κ2) is 15.1. The largest absolute Gasteiger partial charge is 0.508 e. The van der Waals surface area contributed by atoms with Gasteiger partial charge in [-0.1, -0.05) is 0 Å². The van der Waals surface area contributed by atoms with Crippen molar-refractivity contribution < 1.29 is 64.5 Å². The molecule has 19 heteroatoms. The van der Waals surface area contributed by atoms with E-state index in [9.17, 15) is 40.9 Å². The molecule has 2 aliphatic heterocycles. The van der Waals surface area contributed by atoms with Crippen molar-refractivity contribution in [2.24, 2.45) is 34.4 Å². The van der Waals surface area contributed by atoms with E-state index in [1.165, 1.54) is 0 Å². The molecule has 0 aromatic carbocycles. The molecule has 3 aliphatic rings. The second-order valence-electron chi connectivity index (χ2n) is 10.7. The number of aliphatic hydroxyl groups is 8. The minimum absolute atomic E-state index is 0.0102. The maximum atomic E-state index is 11.0. The molecule has 19 nitrogen and oxygen atoms in total. The van der Waals surface area contributed by atoms with Crippen molar-refractivity contribution in [3.05, 3.63) is 11.5 Å². The Hall–Kier alpha value is -1.34. The average Bonchev–Trinajstić information content (AvgIpc) is 3.26. The predicted octanol–water partition coefficient (Wildman–Crippen LogP) is -7.87. The second-order valence-corrected chi connectivity index (χ2v) is 10.7. The zero-order chi connectivity index (χ0) is 31.5. The molecule has 0 spiro atoms. The van der Waals surface area contributed by atoms with E-state index >= 15 is 0 Å². The van der Waals surface area contributed by atoms with Gasteiger partial charge in [-0.25, -0.2) is 0 Å². The summed E-state index contributed by atoms with van der Waals surface area (Å²) in [5.74, 6) is -0.773. The Balaban J connectivity index is 1.77. The van der Waals surface area contributed by atoms with Crippen LogP contribution in [0.15, 0.2) is 11.5 Å². The van der Waals surface area contributed by atoms with Crippen molar-refractivity contribution in [3.8, 4) is 0 Å². The molecule has 0 radical (unpaired) electrons. The molecule has 0 aromatic heterocycles. The first-order valence-electron chi connectivity index (χ1n) is 13.6. The Bertz CT molecular complexity index is 892. The van der Waals surface area contributed by atoms with Gasteiger partial charge in [-0.3, -0.25) is 0 Å². The summed E-state index contributed by atoms with van der Waals surface area (Å²) in [6, 6.07) is -3.15. The normalized spacial score (nSPS) is 45.0. The molecule has 16 atom stereocenters. The van der Waals surface area contributed by atoms with Gasteiger partial charge in [0.15, 0.2) is 18.9 Å². The number of hydrogen-bond donors (Lipinski definition) is 14. The standard InChI is InChI=1S/C23H46N6O13/c24-2-1-8(31)14(33)11(28)21(37)40-18-7(27)3-6(26)13(32)20(18)42-23-17(36)19(10(5-30)39-23)41-22-12(29)16(35)15(34)9(4-25)38-22/h6-10,12-13,15-23,30-37H,1-5,24-29H2/b14-11-/t6-,7?,8-,9-,10-,12?,13?,15-,16-,17?,18-,19?,20-,21-,22?,23+/m1/s1. The fourth-order valence-electron chi connectivity index (χ4n) is 5.15. The van der Waals surface area contributed by atoms with Crippen molar-refractivity contribution in [2.75, 3.05) is 19.7 Å². The van der Waals surface area contributed by atoms with Crippen LogP contribution in [0.4, 0.5) is 0 Å². The fourth-order valence-corrected chi connectivity index (χ4v) is 5.15. The molecule has 42 heavy (non-hydrogen) atoms. The summed E-state index contributed by atoms with van der Waals surface area (Å²) < 4.78 is 28.3. The third-order valence-corrected chi connectivity index (χ3v) is 7.70. The van der Waals surface area contributed by atoms with Gasteiger partial charge < -0.3 is 98.9 Å². The van der Waals surface area contributed by atoms with Crippen molar-refractivity contribution in [1.82, 2.24) is 0 Å². The lowest BCUT2D eigenvalue weighted by atomic mass is 9.84. The van der Waals surface area contributed by atoms with Crippen LogP contribution >= 0.6 is 0 Å². The van der Waals surface area contributed by atoms with Crippen LogP contribution in [-0.4, -0.2) is 159 Å². The maximum absolute atomic E-state index is 11.0. The molecule has 3 fully saturated rings. The first-order chi connectivity index (χ1) is 19.8. The Morgan fingerprint density at radius 3 is 2.02 bits per heavy atom. The molecule has 3 rings (SSSR count). The van der Waals surface area contributed by atoms with Gasteiger partial charge in [0, 0.05) is 18.6 Å². The Morgan fingerprint density at radius 2 is 1.43 bits per heavy atom. The molecule has 2 saturated heterocycles. The lowest BCUT2D eigenvalue weighted by Crippen LogP contribution is -2.65. The summed E-state index contributed by atoms with van der Waals surface area (Å²) in [7, 11) is 0. The number of ether oxygens (including phenoxy) is 5. The van der Waals surface area contributed by atoms with Crippen molar-refractivity contribution in [2.45, 2.75) is 111 Å². The van der Waals surface area contributed by atoms with Gasteiger partial charge in [-0.15, -0.1) is 0 Å². The van der Waals surface area contributed by atoms with Crippen LogP contribution in [-0.2, 0) is 23.7 Å². The fraction of sp³-hybridized carbons (Fsp3) is 0.913. The van der Waals surface area contributed by atoms with Crippen molar-refractivity contribution in [3.63, 3.8) is 0 Å². The van der Waals surface area contributed by atoms with E-state index in [0.29, 0.717) is 0 Å². The van der Waals surface area contributed by atoms with E-state index in [-0.39, 0.29) is 25.9 Å². The molecule has 20 N–H and O–H groups in total. The number of hydrogen-bond acceptors (Lipinski definition) is 19. The molecule has 1 aliphatic carbocycles. The quantitative estimate of drug-likeness (QED) is 0.0716. The van der Waals surface area contributed by atoms with Gasteiger partial charge in [-0.05, 0) is 19.4 Å². The van der Waals surface area contributed by atoms with E-state index < -0.39 is 116 Å². The summed E-state index contributed by atoms with van der Waals surface area (Å²) in [6.45, 7) is -0.840. The first-order valence-corrected chi connectivity index (χ1v) is 13.6. The lowest BCUT2D eigenvalue weighted by Gasteiger charge is -2.43. The monoisotopic (exact) mass is 614 g/mol. The minimum atomic E-state index is -2.01.